The fraction of sp³-hybridized carbons (Fsp3) is 0.357. The van der Waals surface area contributed by atoms with Crippen LogP contribution in [-0.2, 0) is 20.9 Å². The second-order valence-corrected chi connectivity index (χ2v) is 7.99. The Morgan fingerprint density at radius 3 is 1.75 bits per heavy atom. The van der Waals surface area contributed by atoms with E-state index in [9.17, 15) is 0 Å². The molecule has 1 aliphatic heterocycles. The molecule has 0 aromatic heterocycles. The molecule has 192 valence electrons. The van der Waals surface area contributed by atoms with E-state index in [1.807, 2.05) is 78.9 Å². The Kier molecular flexibility index (Phi) is 10.7. The second-order valence-electron chi connectivity index (χ2n) is 7.99. The van der Waals surface area contributed by atoms with Crippen LogP contribution in [0.1, 0.15) is 5.56 Å². The lowest BCUT2D eigenvalue weighted by atomic mass is 10.2. The van der Waals surface area contributed by atoms with E-state index >= 15 is 0 Å². The van der Waals surface area contributed by atoms with Crippen LogP contribution < -0.4 is 24.4 Å². The third kappa shape index (κ3) is 8.73. The van der Waals surface area contributed by atoms with Crippen LogP contribution in [0.4, 0.5) is 0 Å². The molecule has 1 N–H and O–H groups in total. The summed E-state index contributed by atoms with van der Waals surface area (Å²) in [5, 5.41) is 0. The van der Waals surface area contributed by atoms with Gasteiger partial charge in [-0.05, 0) is 29.8 Å². The Balaban J connectivity index is 1.34. The van der Waals surface area contributed by atoms with E-state index in [2.05, 4.69) is 5.48 Å². The molecular weight excluding hydrogens is 462 g/mol. The largest absolute Gasteiger partial charge is 0.487 e. The molecule has 1 heterocycles. The van der Waals surface area contributed by atoms with E-state index < -0.39 is 0 Å². The second kappa shape index (κ2) is 15.0. The zero-order valence-electron chi connectivity index (χ0n) is 20.3. The first kappa shape index (κ1) is 25.8. The van der Waals surface area contributed by atoms with Crippen LogP contribution >= 0.6 is 0 Å². The van der Waals surface area contributed by atoms with Crippen LogP contribution in [0.5, 0.6) is 23.0 Å². The van der Waals surface area contributed by atoms with Crippen molar-refractivity contribution in [1.29, 1.82) is 0 Å². The first-order valence-corrected chi connectivity index (χ1v) is 12.2. The SMILES string of the molecule is c1ccc(CONCCOC2COc3ccccc3OCCOCCOc3ccccc3OC2)cc1. The molecule has 0 amide bonds. The van der Waals surface area contributed by atoms with Crippen LogP contribution in [0, 0.1) is 0 Å². The predicted octanol–water partition coefficient (Wildman–Crippen LogP) is 4.04. The van der Waals surface area contributed by atoms with Gasteiger partial charge in [-0.25, -0.2) is 0 Å². The molecule has 1 aliphatic rings. The van der Waals surface area contributed by atoms with Gasteiger partial charge in [0, 0.05) is 6.54 Å². The Morgan fingerprint density at radius 2 is 1.17 bits per heavy atom. The van der Waals surface area contributed by atoms with Crippen molar-refractivity contribution in [2.75, 3.05) is 52.8 Å². The summed E-state index contributed by atoms with van der Waals surface area (Å²) in [5.41, 5.74) is 4.04. The Morgan fingerprint density at radius 1 is 0.639 bits per heavy atom. The van der Waals surface area contributed by atoms with Gasteiger partial charge in [-0.3, -0.25) is 4.84 Å². The number of para-hydroxylation sites is 4. The Bertz CT molecular complexity index is 962. The molecule has 3 aromatic carbocycles. The molecule has 8 heteroatoms. The van der Waals surface area contributed by atoms with Gasteiger partial charge in [0.15, 0.2) is 23.0 Å². The average Bonchev–Trinajstić information content (AvgIpc) is 2.92. The normalized spacial score (nSPS) is 15.3. The fourth-order valence-corrected chi connectivity index (χ4v) is 3.46. The van der Waals surface area contributed by atoms with Crippen molar-refractivity contribution in [3.05, 3.63) is 84.4 Å². The van der Waals surface area contributed by atoms with Gasteiger partial charge in [-0.1, -0.05) is 54.6 Å². The summed E-state index contributed by atoms with van der Waals surface area (Å²) in [6, 6.07) is 25.1. The van der Waals surface area contributed by atoms with E-state index in [4.69, 9.17) is 33.3 Å². The van der Waals surface area contributed by atoms with E-state index in [0.29, 0.717) is 69.2 Å². The highest BCUT2D eigenvalue weighted by molar-refractivity contribution is 5.40. The summed E-state index contributed by atoms with van der Waals surface area (Å²) in [5.74, 6) is 2.60. The van der Waals surface area contributed by atoms with Crippen molar-refractivity contribution in [3.63, 3.8) is 0 Å². The smallest absolute Gasteiger partial charge is 0.161 e. The summed E-state index contributed by atoms with van der Waals surface area (Å²) < 4.78 is 35.5. The monoisotopic (exact) mass is 495 g/mol. The summed E-state index contributed by atoms with van der Waals surface area (Å²) in [6.45, 7) is 3.69. The van der Waals surface area contributed by atoms with Crippen molar-refractivity contribution in [2.45, 2.75) is 12.7 Å². The molecule has 0 atom stereocenters. The first-order valence-electron chi connectivity index (χ1n) is 12.2. The highest BCUT2D eigenvalue weighted by Gasteiger charge is 2.16. The minimum absolute atomic E-state index is 0.283. The number of fused-ring (bicyclic) bond motifs is 2. The van der Waals surface area contributed by atoms with Crippen molar-refractivity contribution in [2.24, 2.45) is 0 Å². The highest BCUT2D eigenvalue weighted by Crippen LogP contribution is 2.28. The summed E-state index contributed by atoms with van der Waals surface area (Å²) in [6.07, 6.45) is -0.335. The van der Waals surface area contributed by atoms with E-state index in [1.165, 1.54) is 0 Å². The Hall–Kier alpha value is -3.30. The van der Waals surface area contributed by atoms with Gasteiger partial charge in [0.05, 0.1) is 26.4 Å². The number of hydrogen-bond acceptors (Lipinski definition) is 8. The van der Waals surface area contributed by atoms with Gasteiger partial charge in [0.25, 0.3) is 0 Å². The molecule has 0 unspecified atom stereocenters. The third-order valence-corrected chi connectivity index (χ3v) is 5.26. The molecule has 8 nitrogen and oxygen atoms in total. The van der Waals surface area contributed by atoms with E-state index in [0.717, 1.165) is 5.56 Å². The third-order valence-electron chi connectivity index (χ3n) is 5.26. The van der Waals surface area contributed by atoms with Gasteiger partial charge in [0.2, 0.25) is 0 Å². The Labute approximate surface area is 211 Å². The number of nitrogens with one attached hydrogen (secondary N) is 1. The molecule has 0 saturated carbocycles. The molecule has 0 fully saturated rings. The number of hydroxylamine groups is 1. The topological polar surface area (TPSA) is 76.6 Å². The molecule has 0 saturated heterocycles. The molecule has 0 spiro atoms. The maximum absolute atomic E-state index is 6.08. The number of benzene rings is 3. The summed E-state index contributed by atoms with van der Waals surface area (Å²) in [4.78, 5) is 5.53. The van der Waals surface area contributed by atoms with Gasteiger partial charge < -0.3 is 28.4 Å². The molecule has 0 radical (unpaired) electrons. The molecular formula is C28H33NO7. The fourth-order valence-electron chi connectivity index (χ4n) is 3.46. The number of ether oxygens (including phenoxy) is 6. The molecule has 0 aliphatic carbocycles. The lowest BCUT2D eigenvalue weighted by molar-refractivity contribution is -0.0325. The maximum Gasteiger partial charge on any atom is 0.161 e. The minimum Gasteiger partial charge on any atom is -0.487 e. The van der Waals surface area contributed by atoms with Crippen molar-refractivity contribution >= 4 is 0 Å². The van der Waals surface area contributed by atoms with Gasteiger partial charge in [0.1, 0.15) is 32.5 Å². The molecule has 36 heavy (non-hydrogen) atoms. The molecule has 3 aromatic rings. The zero-order chi connectivity index (χ0) is 24.7. The molecule has 4 rings (SSSR count). The van der Waals surface area contributed by atoms with Crippen LogP contribution in [0.15, 0.2) is 78.9 Å². The first-order chi connectivity index (χ1) is 17.9. The van der Waals surface area contributed by atoms with E-state index in [1.54, 1.807) is 0 Å². The zero-order valence-corrected chi connectivity index (χ0v) is 20.3. The lowest BCUT2D eigenvalue weighted by Gasteiger charge is -2.21. The quantitative estimate of drug-likeness (QED) is 0.389. The van der Waals surface area contributed by atoms with E-state index in [-0.39, 0.29) is 19.3 Å². The predicted molar refractivity (Wildman–Crippen MR) is 135 cm³/mol. The van der Waals surface area contributed by atoms with Crippen molar-refractivity contribution < 1.29 is 33.3 Å². The van der Waals surface area contributed by atoms with Gasteiger partial charge in [-0.2, -0.15) is 5.48 Å². The van der Waals surface area contributed by atoms with Gasteiger partial charge >= 0.3 is 0 Å². The van der Waals surface area contributed by atoms with Crippen LogP contribution in [0.2, 0.25) is 0 Å². The summed E-state index contributed by atoms with van der Waals surface area (Å²) >= 11 is 0. The standard InChI is InChI=1S/C28H33NO7/c1-2-8-23(9-3-1)20-36-29-14-15-31-24-21-34-27-12-6-4-10-25(27)32-18-16-30-17-19-33-26-11-5-7-13-28(26)35-22-24/h1-13,24,29H,14-22H2. The van der Waals surface area contributed by atoms with Crippen LogP contribution in [0.25, 0.3) is 0 Å². The molecule has 0 bridgehead atoms. The number of rotatable bonds is 7. The highest BCUT2D eigenvalue weighted by atomic mass is 16.6. The average molecular weight is 496 g/mol. The lowest BCUT2D eigenvalue weighted by Crippen LogP contribution is -2.32. The van der Waals surface area contributed by atoms with Crippen LogP contribution in [-0.4, -0.2) is 58.9 Å². The number of hydrogen-bond donors (Lipinski definition) is 1. The van der Waals surface area contributed by atoms with Gasteiger partial charge in [-0.15, -0.1) is 0 Å². The summed E-state index contributed by atoms with van der Waals surface area (Å²) in [7, 11) is 0. The maximum atomic E-state index is 6.08. The van der Waals surface area contributed by atoms with Crippen LogP contribution in [0.3, 0.4) is 0 Å². The minimum atomic E-state index is -0.335. The van der Waals surface area contributed by atoms with Crippen molar-refractivity contribution in [3.8, 4) is 23.0 Å². The van der Waals surface area contributed by atoms with Crippen molar-refractivity contribution in [1.82, 2.24) is 5.48 Å².